The van der Waals surface area contributed by atoms with Crippen LogP contribution in [0.1, 0.15) is 48.2 Å². The largest absolute Gasteiger partial charge is 0.289 e. The number of hydrogen-bond donors (Lipinski definition) is 0. The summed E-state index contributed by atoms with van der Waals surface area (Å²) in [5, 5.41) is 0. The SMILES string of the molecule is CCC1C=CC1(CC)c1cc(C(=O)c2ccccc2)ccc1-c1ccccn1. The van der Waals surface area contributed by atoms with Crippen molar-refractivity contribution in [1.29, 1.82) is 0 Å². The first-order valence-corrected chi connectivity index (χ1v) is 10.0. The molecule has 2 unspecified atom stereocenters. The first kappa shape index (κ1) is 18.4. The predicted octanol–water partition coefficient (Wildman–Crippen LogP) is 6.22. The molecule has 0 spiro atoms. The Morgan fingerprint density at radius 2 is 1.75 bits per heavy atom. The normalized spacial score (nSPS) is 20.6. The Morgan fingerprint density at radius 1 is 0.964 bits per heavy atom. The predicted molar refractivity (Wildman–Crippen MR) is 114 cm³/mol. The van der Waals surface area contributed by atoms with Crippen LogP contribution in [-0.2, 0) is 5.41 Å². The minimum Gasteiger partial charge on any atom is -0.289 e. The van der Waals surface area contributed by atoms with Crippen LogP contribution in [0.5, 0.6) is 0 Å². The third-order valence-corrected chi connectivity index (χ3v) is 6.07. The number of rotatable bonds is 6. The first-order chi connectivity index (χ1) is 13.7. The van der Waals surface area contributed by atoms with Gasteiger partial charge in [0.05, 0.1) is 5.69 Å². The van der Waals surface area contributed by atoms with Gasteiger partial charge in [-0.05, 0) is 42.5 Å². The van der Waals surface area contributed by atoms with Crippen LogP contribution in [0, 0.1) is 5.92 Å². The van der Waals surface area contributed by atoms with Crippen LogP contribution in [0.4, 0.5) is 0 Å². The fourth-order valence-electron chi connectivity index (χ4n) is 4.40. The molecule has 1 aliphatic rings. The van der Waals surface area contributed by atoms with Gasteiger partial charge in [0.25, 0.3) is 0 Å². The van der Waals surface area contributed by atoms with Crippen molar-refractivity contribution >= 4 is 5.78 Å². The molecule has 1 aromatic heterocycles. The number of aromatic nitrogens is 1. The average molecular weight is 367 g/mol. The fraction of sp³-hybridized carbons (Fsp3) is 0.231. The molecule has 4 rings (SSSR count). The highest BCUT2D eigenvalue weighted by atomic mass is 16.1. The molecule has 2 atom stereocenters. The van der Waals surface area contributed by atoms with E-state index in [0.717, 1.165) is 35.2 Å². The van der Waals surface area contributed by atoms with Crippen LogP contribution in [0.25, 0.3) is 11.3 Å². The zero-order valence-corrected chi connectivity index (χ0v) is 16.4. The Bertz CT molecular complexity index is 1010. The topological polar surface area (TPSA) is 30.0 Å². The molecule has 2 aromatic carbocycles. The summed E-state index contributed by atoms with van der Waals surface area (Å²) in [5.41, 5.74) is 4.72. The van der Waals surface area contributed by atoms with Crippen LogP contribution in [0.15, 0.2) is 85.1 Å². The van der Waals surface area contributed by atoms with Crippen molar-refractivity contribution in [1.82, 2.24) is 4.98 Å². The quantitative estimate of drug-likeness (QED) is 0.382. The summed E-state index contributed by atoms with van der Waals surface area (Å²) < 4.78 is 0. The number of nitrogens with zero attached hydrogens (tertiary/aromatic N) is 1. The molecule has 3 aromatic rings. The van der Waals surface area contributed by atoms with Crippen LogP contribution >= 0.6 is 0 Å². The lowest BCUT2D eigenvalue weighted by Crippen LogP contribution is -2.38. The van der Waals surface area contributed by atoms with Gasteiger partial charge in [-0.3, -0.25) is 9.78 Å². The zero-order valence-electron chi connectivity index (χ0n) is 16.4. The molecule has 0 saturated carbocycles. The van der Waals surface area contributed by atoms with Gasteiger partial charge in [0.1, 0.15) is 0 Å². The van der Waals surface area contributed by atoms with E-state index in [2.05, 4.69) is 43.1 Å². The molecule has 0 aliphatic heterocycles. The molecule has 0 saturated heterocycles. The Balaban J connectivity index is 1.88. The van der Waals surface area contributed by atoms with E-state index in [1.54, 1.807) is 0 Å². The van der Waals surface area contributed by atoms with Crippen molar-refractivity contribution in [3.63, 3.8) is 0 Å². The highest BCUT2D eigenvalue weighted by Crippen LogP contribution is 2.49. The number of ketones is 1. The van der Waals surface area contributed by atoms with Gasteiger partial charge in [0, 0.05) is 28.3 Å². The van der Waals surface area contributed by atoms with E-state index in [-0.39, 0.29) is 11.2 Å². The number of benzene rings is 2. The zero-order chi connectivity index (χ0) is 19.6. The minimum atomic E-state index is -0.0332. The van der Waals surface area contributed by atoms with Crippen LogP contribution in [0.3, 0.4) is 0 Å². The second-order valence-electron chi connectivity index (χ2n) is 7.44. The van der Waals surface area contributed by atoms with E-state index < -0.39 is 0 Å². The second kappa shape index (κ2) is 7.55. The van der Waals surface area contributed by atoms with Gasteiger partial charge < -0.3 is 0 Å². The maximum absolute atomic E-state index is 13.1. The second-order valence-corrected chi connectivity index (χ2v) is 7.44. The van der Waals surface area contributed by atoms with E-state index in [0.29, 0.717) is 5.92 Å². The summed E-state index contributed by atoms with van der Waals surface area (Å²) in [7, 11) is 0. The number of hydrogen-bond acceptors (Lipinski definition) is 2. The van der Waals surface area contributed by atoms with Gasteiger partial charge in [0.15, 0.2) is 5.78 Å². The molecule has 0 bridgehead atoms. The highest BCUT2D eigenvalue weighted by Gasteiger charge is 2.42. The van der Waals surface area contributed by atoms with Crippen molar-refractivity contribution in [3.05, 3.63) is 102 Å². The Kier molecular flexibility index (Phi) is 4.95. The van der Waals surface area contributed by atoms with Gasteiger partial charge in [-0.1, -0.05) is 74.5 Å². The summed E-state index contributed by atoms with van der Waals surface area (Å²) in [4.78, 5) is 17.7. The number of carbonyl (C=O) groups is 1. The minimum absolute atomic E-state index is 0.0332. The van der Waals surface area contributed by atoms with Crippen molar-refractivity contribution in [2.45, 2.75) is 32.1 Å². The number of carbonyl (C=O) groups excluding carboxylic acids is 1. The molecule has 0 fully saturated rings. The van der Waals surface area contributed by atoms with E-state index in [1.807, 2.05) is 60.8 Å². The molecule has 28 heavy (non-hydrogen) atoms. The summed E-state index contributed by atoms with van der Waals surface area (Å²) in [6.45, 7) is 4.47. The lowest BCUT2D eigenvalue weighted by atomic mass is 9.59. The Labute approximate surface area is 167 Å². The third-order valence-electron chi connectivity index (χ3n) is 6.07. The van der Waals surface area contributed by atoms with Crippen LogP contribution in [-0.4, -0.2) is 10.8 Å². The molecular formula is C26H25NO. The number of pyridine rings is 1. The van der Waals surface area contributed by atoms with Gasteiger partial charge in [-0.15, -0.1) is 0 Å². The van der Waals surface area contributed by atoms with Crippen molar-refractivity contribution < 1.29 is 4.79 Å². The summed E-state index contributed by atoms with van der Waals surface area (Å²) >= 11 is 0. The smallest absolute Gasteiger partial charge is 0.193 e. The van der Waals surface area contributed by atoms with E-state index >= 15 is 0 Å². The van der Waals surface area contributed by atoms with E-state index in [1.165, 1.54) is 5.56 Å². The van der Waals surface area contributed by atoms with Crippen molar-refractivity contribution in [2.75, 3.05) is 0 Å². The van der Waals surface area contributed by atoms with E-state index in [4.69, 9.17) is 0 Å². The summed E-state index contributed by atoms with van der Waals surface area (Å²) in [6, 6.07) is 21.6. The summed E-state index contributed by atoms with van der Waals surface area (Å²) in [6.07, 6.45) is 8.54. The molecule has 140 valence electrons. The molecule has 0 radical (unpaired) electrons. The molecule has 2 heteroatoms. The highest BCUT2D eigenvalue weighted by molar-refractivity contribution is 6.09. The summed E-state index contributed by atoms with van der Waals surface area (Å²) in [5.74, 6) is 0.555. The van der Waals surface area contributed by atoms with Crippen molar-refractivity contribution in [2.24, 2.45) is 5.92 Å². The Hall–Kier alpha value is -3.00. The molecule has 1 aliphatic carbocycles. The fourth-order valence-corrected chi connectivity index (χ4v) is 4.40. The Morgan fingerprint density at radius 3 is 2.36 bits per heavy atom. The molecule has 1 heterocycles. The lowest BCUT2D eigenvalue weighted by molar-refractivity contribution is 0.103. The maximum atomic E-state index is 13.1. The first-order valence-electron chi connectivity index (χ1n) is 10.0. The molecule has 0 N–H and O–H groups in total. The number of allylic oxidation sites excluding steroid dienone is 2. The van der Waals surface area contributed by atoms with Gasteiger partial charge in [0.2, 0.25) is 0 Å². The van der Waals surface area contributed by atoms with Gasteiger partial charge in [-0.2, -0.15) is 0 Å². The van der Waals surface area contributed by atoms with Gasteiger partial charge in [-0.25, -0.2) is 0 Å². The van der Waals surface area contributed by atoms with Crippen molar-refractivity contribution in [3.8, 4) is 11.3 Å². The van der Waals surface area contributed by atoms with Crippen LogP contribution in [0.2, 0.25) is 0 Å². The standard InChI is InChI=1S/C26H25NO/c1-3-21-15-16-26(21,4-2)23-18-20(25(28)19-10-6-5-7-11-19)13-14-22(23)24-12-8-9-17-27-24/h5-18,21H,3-4H2,1-2H3. The molecule has 2 nitrogen and oxygen atoms in total. The third kappa shape index (κ3) is 2.99. The van der Waals surface area contributed by atoms with Gasteiger partial charge >= 0.3 is 0 Å². The van der Waals surface area contributed by atoms with E-state index in [9.17, 15) is 4.79 Å². The molecular weight excluding hydrogens is 342 g/mol. The molecule has 0 amide bonds. The maximum Gasteiger partial charge on any atom is 0.193 e. The lowest BCUT2D eigenvalue weighted by Gasteiger charge is -2.44. The average Bonchev–Trinajstić information content (AvgIpc) is 2.75. The van der Waals surface area contributed by atoms with Crippen LogP contribution < -0.4 is 0 Å². The monoisotopic (exact) mass is 367 g/mol.